The summed E-state index contributed by atoms with van der Waals surface area (Å²) in [5, 5.41) is 21.5. The molecule has 4 atom stereocenters. The second-order valence-corrected chi connectivity index (χ2v) is 7.44. The molecule has 116 valence electrons. The van der Waals surface area contributed by atoms with Gasteiger partial charge in [0.2, 0.25) is 0 Å². The molecule has 21 heavy (non-hydrogen) atoms. The van der Waals surface area contributed by atoms with E-state index >= 15 is 0 Å². The second-order valence-electron chi connectivity index (χ2n) is 7.44. The van der Waals surface area contributed by atoms with E-state index in [0.717, 1.165) is 24.1 Å². The van der Waals surface area contributed by atoms with Gasteiger partial charge in [-0.1, -0.05) is 12.5 Å². The number of hydrogen-bond donors (Lipinski definition) is 2. The molecule has 2 aliphatic rings. The molecule has 2 N–H and O–H groups in total. The fourth-order valence-electron chi connectivity index (χ4n) is 4.73. The van der Waals surface area contributed by atoms with Gasteiger partial charge < -0.3 is 15.1 Å². The van der Waals surface area contributed by atoms with Crippen LogP contribution in [-0.2, 0) is 5.60 Å². The van der Waals surface area contributed by atoms with E-state index in [1.807, 2.05) is 13.0 Å². The molecular formula is C18H27NO2. The quantitative estimate of drug-likeness (QED) is 0.899. The van der Waals surface area contributed by atoms with E-state index in [1.165, 1.54) is 19.3 Å². The minimum atomic E-state index is -0.794. The molecule has 1 aromatic rings. The molecule has 2 unspecified atom stereocenters. The molecule has 1 aromatic carbocycles. The number of fused-ring (bicyclic) bond motifs is 2. The maximum atomic E-state index is 11.6. The lowest BCUT2D eigenvalue weighted by Crippen LogP contribution is -2.47. The molecule has 3 nitrogen and oxygen atoms in total. The molecule has 2 fully saturated rings. The summed E-state index contributed by atoms with van der Waals surface area (Å²) in [5.74, 6) is 1.76. The van der Waals surface area contributed by atoms with Crippen molar-refractivity contribution < 1.29 is 10.2 Å². The fourth-order valence-corrected chi connectivity index (χ4v) is 4.73. The Morgan fingerprint density at radius 3 is 2.76 bits per heavy atom. The highest BCUT2D eigenvalue weighted by Crippen LogP contribution is 2.55. The third-order valence-corrected chi connectivity index (χ3v) is 5.61. The summed E-state index contributed by atoms with van der Waals surface area (Å²) in [6.07, 6.45) is 4.59. The van der Waals surface area contributed by atoms with Gasteiger partial charge >= 0.3 is 0 Å². The van der Waals surface area contributed by atoms with Gasteiger partial charge in [-0.2, -0.15) is 0 Å². The van der Waals surface area contributed by atoms with Crippen LogP contribution in [0.5, 0.6) is 5.75 Å². The Kier molecular flexibility index (Phi) is 3.74. The Morgan fingerprint density at radius 2 is 2.05 bits per heavy atom. The van der Waals surface area contributed by atoms with Crippen LogP contribution < -0.4 is 0 Å². The lowest BCUT2D eigenvalue weighted by molar-refractivity contribution is -0.0896. The number of aromatic hydroxyl groups is 1. The van der Waals surface area contributed by atoms with E-state index < -0.39 is 5.60 Å². The summed E-state index contributed by atoms with van der Waals surface area (Å²) >= 11 is 0. The van der Waals surface area contributed by atoms with Crippen LogP contribution in [0.4, 0.5) is 0 Å². The van der Waals surface area contributed by atoms with Crippen LogP contribution in [0.15, 0.2) is 18.2 Å². The summed E-state index contributed by atoms with van der Waals surface area (Å²) in [7, 11) is 4.16. The predicted octanol–water partition coefficient (Wildman–Crippen LogP) is 2.89. The average molecular weight is 289 g/mol. The van der Waals surface area contributed by atoms with E-state index in [2.05, 4.69) is 19.0 Å². The normalized spacial score (nSPS) is 35.4. The van der Waals surface area contributed by atoms with Crippen LogP contribution in [0.3, 0.4) is 0 Å². The summed E-state index contributed by atoms with van der Waals surface area (Å²) in [6.45, 7) is 2.94. The van der Waals surface area contributed by atoms with Gasteiger partial charge in [-0.3, -0.25) is 0 Å². The zero-order valence-corrected chi connectivity index (χ0v) is 13.3. The van der Waals surface area contributed by atoms with Crippen LogP contribution in [0, 0.1) is 24.7 Å². The number of hydrogen-bond acceptors (Lipinski definition) is 3. The highest BCUT2D eigenvalue weighted by atomic mass is 16.3. The molecule has 0 aliphatic heterocycles. The number of benzene rings is 1. The molecule has 2 bridgehead atoms. The largest absolute Gasteiger partial charge is 0.508 e. The fraction of sp³-hybridized carbons (Fsp3) is 0.667. The smallest absolute Gasteiger partial charge is 0.115 e. The third-order valence-electron chi connectivity index (χ3n) is 5.61. The lowest BCUT2D eigenvalue weighted by Gasteiger charge is -2.46. The van der Waals surface area contributed by atoms with Crippen molar-refractivity contribution in [3.05, 3.63) is 29.3 Å². The third kappa shape index (κ3) is 2.58. The van der Waals surface area contributed by atoms with Gasteiger partial charge in [0.1, 0.15) is 5.75 Å². The van der Waals surface area contributed by atoms with Crippen molar-refractivity contribution in [2.24, 2.45) is 17.8 Å². The molecule has 0 heterocycles. The molecular weight excluding hydrogens is 262 g/mol. The monoisotopic (exact) mass is 289 g/mol. The van der Waals surface area contributed by atoms with Crippen LogP contribution in [0.25, 0.3) is 0 Å². The highest BCUT2D eigenvalue weighted by molar-refractivity contribution is 5.39. The average Bonchev–Trinajstić information content (AvgIpc) is 2.81. The molecule has 0 spiro atoms. The molecule has 0 saturated heterocycles. The van der Waals surface area contributed by atoms with Crippen LogP contribution >= 0.6 is 0 Å². The Balaban J connectivity index is 2.04. The van der Waals surface area contributed by atoms with Gasteiger partial charge in [0.25, 0.3) is 0 Å². The first kappa shape index (κ1) is 14.9. The maximum Gasteiger partial charge on any atom is 0.115 e. The highest BCUT2D eigenvalue weighted by Gasteiger charge is 2.51. The van der Waals surface area contributed by atoms with Crippen LogP contribution in [-0.4, -0.2) is 35.8 Å². The predicted molar refractivity (Wildman–Crippen MR) is 84.2 cm³/mol. The molecule has 0 amide bonds. The Morgan fingerprint density at radius 1 is 1.29 bits per heavy atom. The molecule has 2 saturated carbocycles. The van der Waals surface area contributed by atoms with Gasteiger partial charge in [0, 0.05) is 12.5 Å². The van der Waals surface area contributed by atoms with Crippen LogP contribution in [0.2, 0.25) is 0 Å². The first-order chi connectivity index (χ1) is 9.90. The van der Waals surface area contributed by atoms with Gasteiger partial charge in [0.15, 0.2) is 0 Å². The summed E-state index contributed by atoms with van der Waals surface area (Å²) < 4.78 is 0. The van der Waals surface area contributed by atoms with Gasteiger partial charge in [0.05, 0.1) is 5.60 Å². The van der Waals surface area contributed by atoms with E-state index in [1.54, 1.807) is 12.1 Å². The van der Waals surface area contributed by atoms with Crippen molar-refractivity contribution in [3.63, 3.8) is 0 Å². The Bertz CT molecular complexity index is 528. The minimum absolute atomic E-state index is 0.255. The zero-order chi connectivity index (χ0) is 15.2. The first-order valence-electron chi connectivity index (χ1n) is 8.07. The van der Waals surface area contributed by atoms with Crippen molar-refractivity contribution >= 4 is 0 Å². The lowest BCUT2D eigenvalue weighted by atomic mass is 9.65. The Labute approximate surface area is 127 Å². The number of phenolic OH excluding ortho intramolecular Hbond substituents is 1. The van der Waals surface area contributed by atoms with E-state index in [0.29, 0.717) is 11.8 Å². The minimum Gasteiger partial charge on any atom is -0.508 e. The summed E-state index contributed by atoms with van der Waals surface area (Å²) in [6, 6.07) is 5.41. The van der Waals surface area contributed by atoms with Gasteiger partial charge in [-0.05, 0) is 75.4 Å². The number of aliphatic hydroxyl groups is 1. The molecule has 2 aliphatic carbocycles. The number of nitrogens with zero attached hydrogens (tertiary/aromatic N) is 1. The topological polar surface area (TPSA) is 43.7 Å². The summed E-state index contributed by atoms with van der Waals surface area (Å²) in [4.78, 5) is 2.19. The Hall–Kier alpha value is -1.06. The zero-order valence-electron chi connectivity index (χ0n) is 13.3. The number of rotatable bonds is 3. The molecule has 3 rings (SSSR count). The van der Waals surface area contributed by atoms with Crippen molar-refractivity contribution in [1.29, 1.82) is 0 Å². The van der Waals surface area contributed by atoms with E-state index in [-0.39, 0.29) is 11.7 Å². The molecule has 3 heteroatoms. The van der Waals surface area contributed by atoms with Crippen molar-refractivity contribution in [3.8, 4) is 5.75 Å². The van der Waals surface area contributed by atoms with Crippen molar-refractivity contribution in [2.75, 3.05) is 20.6 Å². The second kappa shape index (κ2) is 5.29. The van der Waals surface area contributed by atoms with E-state index in [4.69, 9.17) is 0 Å². The van der Waals surface area contributed by atoms with Crippen molar-refractivity contribution in [1.82, 2.24) is 4.90 Å². The van der Waals surface area contributed by atoms with Crippen molar-refractivity contribution in [2.45, 2.75) is 38.2 Å². The molecule has 0 aromatic heterocycles. The van der Waals surface area contributed by atoms with Gasteiger partial charge in [-0.25, -0.2) is 0 Å². The van der Waals surface area contributed by atoms with E-state index in [9.17, 15) is 10.2 Å². The molecule has 0 radical (unpaired) electrons. The number of aryl methyl sites for hydroxylation is 1. The SMILES string of the molecule is Cc1ccc(O)cc1C1(O)CC2CC[C@@H](C2)[C@@H]1CN(C)C. The van der Waals surface area contributed by atoms with Gasteiger partial charge in [-0.15, -0.1) is 0 Å². The maximum absolute atomic E-state index is 11.6. The summed E-state index contributed by atoms with van der Waals surface area (Å²) in [5.41, 5.74) is 1.23. The first-order valence-corrected chi connectivity index (χ1v) is 8.07. The van der Waals surface area contributed by atoms with Crippen LogP contribution in [0.1, 0.15) is 36.8 Å². The number of phenols is 1. The standard InChI is InChI=1S/C18H27NO2/c1-12-4-7-15(20)9-16(12)18(21)10-13-5-6-14(8-13)17(18)11-19(2)3/h4,7,9,13-14,17,20-21H,5-6,8,10-11H2,1-3H3/t13?,14-,17-,18?/m0/s1.